The second kappa shape index (κ2) is 10.3. The van der Waals surface area contributed by atoms with Crippen LogP contribution in [-0.4, -0.2) is 74.2 Å². The molecule has 2 aliphatic heterocycles. The topological polar surface area (TPSA) is 54.0 Å². The maximum absolute atomic E-state index is 12.8. The molecule has 166 valence electrons. The Morgan fingerprint density at radius 1 is 1.00 bits per heavy atom. The summed E-state index contributed by atoms with van der Waals surface area (Å²) in [6.07, 6.45) is 1.92. The first-order chi connectivity index (χ1) is 15.1. The molecule has 1 N–H and O–H groups in total. The minimum Gasteiger partial charge on any atom is -0.489 e. The van der Waals surface area contributed by atoms with Gasteiger partial charge in [0.25, 0.3) is 5.91 Å². The Hall–Kier alpha value is -2.41. The summed E-state index contributed by atoms with van der Waals surface area (Å²) in [6, 6.07) is 17.5. The molecule has 6 nitrogen and oxygen atoms in total. The van der Waals surface area contributed by atoms with Crippen LogP contribution in [0, 0.1) is 0 Å². The lowest BCUT2D eigenvalue weighted by Crippen LogP contribution is -2.62. The average Bonchev–Trinajstić information content (AvgIpc) is 2.83. The fourth-order valence-electron chi connectivity index (χ4n) is 4.43. The number of rotatable bonds is 7. The van der Waals surface area contributed by atoms with Crippen LogP contribution in [0.2, 0.25) is 0 Å². The lowest BCUT2D eigenvalue weighted by molar-refractivity contribution is -0.0430. The lowest BCUT2D eigenvalue weighted by Gasteiger charge is -2.49. The molecule has 4 rings (SSSR count). The molecule has 0 saturated carbocycles. The molecule has 0 bridgehead atoms. The van der Waals surface area contributed by atoms with Crippen molar-refractivity contribution in [1.82, 2.24) is 15.1 Å². The van der Waals surface area contributed by atoms with Gasteiger partial charge in [0.05, 0.1) is 0 Å². The number of amides is 1. The van der Waals surface area contributed by atoms with E-state index in [9.17, 15) is 4.79 Å². The Kier molecular flexibility index (Phi) is 7.22. The SMILES string of the molecule is CN1CCN(C2(CNC(=O)c3ccc(OCc4ccccc4)cc3)CCOCC2)CC1. The van der Waals surface area contributed by atoms with Crippen LogP contribution in [0.15, 0.2) is 54.6 Å². The van der Waals surface area contributed by atoms with Gasteiger partial charge in [0.1, 0.15) is 12.4 Å². The molecular formula is C25H33N3O3. The fraction of sp³-hybridized carbons (Fsp3) is 0.480. The number of nitrogens with zero attached hydrogens (tertiary/aromatic N) is 2. The largest absolute Gasteiger partial charge is 0.489 e. The van der Waals surface area contributed by atoms with Gasteiger partial charge in [0.15, 0.2) is 0 Å². The summed E-state index contributed by atoms with van der Waals surface area (Å²) in [6.45, 7) is 6.92. The van der Waals surface area contributed by atoms with E-state index in [1.165, 1.54) is 0 Å². The van der Waals surface area contributed by atoms with E-state index in [0.29, 0.717) is 18.7 Å². The van der Waals surface area contributed by atoms with Gasteiger partial charge in [-0.1, -0.05) is 30.3 Å². The number of likely N-dealkylation sites (N-methyl/N-ethyl adjacent to an activating group) is 1. The normalized spacial score (nSPS) is 19.6. The van der Waals surface area contributed by atoms with E-state index < -0.39 is 0 Å². The average molecular weight is 424 g/mol. The van der Waals surface area contributed by atoms with Crippen molar-refractivity contribution in [2.75, 3.05) is 53.0 Å². The monoisotopic (exact) mass is 423 g/mol. The first kappa shape index (κ1) is 21.8. The first-order valence-corrected chi connectivity index (χ1v) is 11.2. The third-order valence-electron chi connectivity index (χ3n) is 6.54. The molecule has 0 aromatic heterocycles. The van der Waals surface area contributed by atoms with Gasteiger partial charge in [0, 0.05) is 57.0 Å². The van der Waals surface area contributed by atoms with E-state index in [1.807, 2.05) is 54.6 Å². The number of nitrogens with one attached hydrogen (secondary N) is 1. The minimum absolute atomic E-state index is 0.00605. The van der Waals surface area contributed by atoms with Crippen molar-refractivity contribution in [2.45, 2.75) is 25.0 Å². The molecule has 2 saturated heterocycles. The number of carbonyl (C=O) groups is 1. The molecule has 2 aliphatic rings. The van der Waals surface area contributed by atoms with E-state index in [-0.39, 0.29) is 11.4 Å². The zero-order valence-electron chi connectivity index (χ0n) is 18.4. The van der Waals surface area contributed by atoms with Gasteiger partial charge in [-0.25, -0.2) is 0 Å². The van der Waals surface area contributed by atoms with Crippen molar-refractivity contribution in [2.24, 2.45) is 0 Å². The second-order valence-corrected chi connectivity index (χ2v) is 8.61. The van der Waals surface area contributed by atoms with Crippen LogP contribution >= 0.6 is 0 Å². The van der Waals surface area contributed by atoms with Crippen LogP contribution in [0.3, 0.4) is 0 Å². The number of benzene rings is 2. The summed E-state index contributed by atoms with van der Waals surface area (Å²) < 4.78 is 11.5. The highest BCUT2D eigenvalue weighted by atomic mass is 16.5. The van der Waals surface area contributed by atoms with E-state index in [2.05, 4.69) is 22.2 Å². The van der Waals surface area contributed by atoms with Gasteiger partial charge in [-0.3, -0.25) is 9.69 Å². The van der Waals surface area contributed by atoms with E-state index in [4.69, 9.17) is 9.47 Å². The van der Waals surface area contributed by atoms with Crippen LogP contribution in [0.1, 0.15) is 28.8 Å². The van der Waals surface area contributed by atoms with Crippen molar-refractivity contribution in [3.8, 4) is 5.75 Å². The Morgan fingerprint density at radius 3 is 2.35 bits per heavy atom. The summed E-state index contributed by atoms with van der Waals surface area (Å²) in [5.41, 5.74) is 1.77. The zero-order valence-corrected chi connectivity index (χ0v) is 18.4. The van der Waals surface area contributed by atoms with Crippen molar-refractivity contribution in [3.63, 3.8) is 0 Å². The lowest BCUT2D eigenvalue weighted by atomic mass is 9.87. The maximum Gasteiger partial charge on any atom is 0.251 e. The molecule has 1 amide bonds. The van der Waals surface area contributed by atoms with E-state index >= 15 is 0 Å². The highest BCUT2D eigenvalue weighted by Crippen LogP contribution is 2.28. The standard InChI is InChI=1S/C25H33N3O3/c1-27-13-15-28(16-14-27)25(11-17-30-18-12-25)20-26-24(29)22-7-9-23(10-8-22)31-19-21-5-3-2-4-6-21/h2-10H,11-20H2,1H3,(H,26,29). The Morgan fingerprint density at radius 2 is 1.68 bits per heavy atom. The van der Waals surface area contributed by atoms with Crippen LogP contribution in [0.4, 0.5) is 0 Å². The minimum atomic E-state index is -0.0328. The van der Waals surface area contributed by atoms with Crippen molar-refractivity contribution in [1.29, 1.82) is 0 Å². The van der Waals surface area contributed by atoms with Gasteiger partial charge in [-0.05, 0) is 49.7 Å². The molecule has 6 heteroatoms. The summed E-state index contributed by atoms with van der Waals surface area (Å²) in [7, 11) is 2.17. The Labute approximate surface area is 185 Å². The van der Waals surface area contributed by atoms with E-state index in [0.717, 1.165) is 63.5 Å². The first-order valence-electron chi connectivity index (χ1n) is 11.2. The smallest absolute Gasteiger partial charge is 0.251 e. The summed E-state index contributed by atoms with van der Waals surface area (Å²) in [4.78, 5) is 17.8. The predicted molar refractivity (Wildman–Crippen MR) is 121 cm³/mol. The Balaban J connectivity index is 1.33. The van der Waals surface area contributed by atoms with Gasteiger partial charge in [-0.2, -0.15) is 0 Å². The molecule has 2 aromatic rings. The zero-order chi connectivity index (χ0) is 21.5. The highest BCUT2D eigenvalue weighted by Gasteiger charge is 2.39. The predicted octanol–water partition coefficient (Wildman–Crippen LogP) is 2.79. The molecule has 2 fully saturated rings. The molecule has 0 atom stereocenters. The van der Waals surface area contributed by atoms with Crippen LogP contribution in [0.5, 0.6) is 5.75 Å². The number of piperazine rings is 1. The molecule has 0 radical (unpaired) electrons. The summed E-state index contributed by atoms with van der Waals surface area (Å²) >= 11 is 0. The third-order valence-corrected chi connectivity index (χ3v) is 6.54. The highest BCUT2D eigenvalue weighted by molar-refractivity contribution is 5.94. The van der Waals surface area contributed by atoms with E-state index in [1.54, 1.807) is 0 Å². The third kappa shape index (κ3) is 5.64. The number of carbonyl (C=O) groups excluding carboxylic acids is 1. The number of hydrogen-bond donors (Lipinski definition) is 1. The second-order valence-electron chi connectivity index (χ2n) is 8.61. The number of hydrogen-bond acceptors (Lipinski definition) is 5. The summed E-state index contributed by atoms with van der Waals surface area (Å²) in [5.74, 6) is 0.730. The van der Waals surface area contributed by atoms with Crippen LogP contribution in [-0.2, 0) is 11.3 Å². The molecule has 2 aromatic carbocycles. The van der Waals surface area contributed by atoms with Crippen molar-refractivity contribution in [3.05, 3.63) is 65.7 Å². The van der Waals surface area contributed by atoms with Crippen molar-refractivity contribution >= 4 is 5.91 Å². The Bertz CT molecular complexity index is 827. The van der Waals surface area contributed by atoms with Gasteiger partial charge < -0.3 is 19.7 Å². The van der Waals surface area contributed by atoms with Gasteiger partial charge >= 0.3 is 0 Å². The molecule has 2 heterocycles. The molecule has 0 unspecified atom stereocenters. The van der Waals surface area contributed by atoms with Crippen LogP contribution in [0.25, 0.3) is 0 Å². The molecule has 31 heavy (non-hydrogen) atoms. The number of ether oxygens (including phenoxy) is 2. The van der Waals surface area contributed by atoms with Gasteiger partial charge in [0.2, 0.25) is 0 Å². The fourth-order valence-corrected chi connectivity index (χ4v) is 4.43. The maximum atomic E-state index is 12.8. The molecular weight excluding hydrogens is 390 g/mol. The summed E-state index contributed by atoms with van der Waals surface area (Å²) in [5, 5.41) is 3.20. The van der Waals surface area contributed by atoms with Gasteiger partial charge in [-0.15, -0.1) is 0 Å². The molecule has 0 aliphatic carbocycles. The van der Waals surface area contributed by atoms with Crippen LogP contribution < -0.4 is 10.1 Å². The molecule has 0 spiro atoms. The van der Waals surface area contributed by atoms with Crippen molar-refractivity contribution < 1.29 is 14.3 Å². The quantitative estimate of drug-likeness (QED) is 0.742.